The molecule has 3 rings (SSSR count). The van der Waals surface area contributed by atoms with E-state index in [4.69, 9.17) is 10.3 Å². The van der Waals surface area contributed by atoms with Crippen LogP contribution in [-0.2, 0) is 0 Å². The van der Waals surface area contributed by atoms with Crippen molar-refractivity contribution in [2.24, 2.45) is 5.73 Å². The van der Waals surface area contributed by atoms with Gasteiger partial charge in [-0.2, -0.15) is 16.7 Å². The first kappa shape index (κ1) is 13.8. The molecule has 1 aromatic heterocycles. The quantitative estimate of drug-likeness (QED) is 0.905. The smallest absolute Gasteiger partial charge is 0.229 e. The lowest BCUT2D eigenvalue weighted by Crippen LogP contribution is -2.22. The fourth-order valence-corrected chi connectivity index (χ4v) is 5.54. The van der Waals surface area contributed by atoms with E-state index in [1.54, 1.807) is 0 Å². The Kier molecular flexibility index (Phi) is 4.10. The fourth-order valence-electron chi connectivity index (χ4n) is 2.70. The molecule has 1 saturated heterocycles. The highest BCUT2D eigenvalue weighted by Gasteiger charge is 2.32. The van der Waals surface area contributed by atoms with E-state index in [1.807, 2.05) is 23.5 Å². The lowest BCUT2D eigenvalue weighted by atomic mass is 10.1. The highest BCUT2D eigenvalue weighted by molar-refractivity contribution is 8.07. The zero-order valence-electron chi connectivity index (χ0n) is 11.4. The number of aromatic nitrogens is 2. The Morgan fingerprint density at radius 2 is 2.11 bits per heavy atom. The van der Waals surface area contributed by atoms with Crippen LogP contribution in [0.4, 0.5) is 0 Å². The normalized spacial score (nSPS) is 39.6. The molecule has 0 spiro atoms. The van der Waals surface area contributed by atoms with Gasteiger partial charge in [-0.25, -0.2) is 0 Å². The maximum Gasteiger partial charge on any atom is 0.229 e. The maximum absolute atomic E-state index is 5.95. The maximum atomic E-state index is 5.95. The van der Waals surface area contributed by atoms with Crippen molar-refractivity contribution in [2.75, 3.05) is 5.75 Å². The van der Waals surface area contributed by atoms with Crippen molar-refractivity contribution in [3.8, 4) is 0 Å². The molecule has 1 aliphatic heterocycles. The van der Waals surface area contributed by atoms with Crippen LogP contribution < -0.4 is 5.73 Å². The summed E-state index contributed by atoms with van der Waals surface area (Å²) < 4.78 is 5.47. The van der Waals surface area contributed by atoms with Gasteiger partial charge in [-0.15, -0.1) is 11.8 Å². The van der Waals surface area contributed by atoms with Gasteiger partial charge in [0.05, 0.1) is 5.25 Å². The summed E-state index contributed by atoms with van der Waals surface area (Å²) in [6.45, 7) is 4.58. The fraction of sp³-hybridized carbons (Fsp3) is 0.846. The van der Waals surface area contributed by atoms with E-state index in [0.717, 1.165) is 36.7 Å². The summed E-state index contributed by atoms with van der Waals surface area (Å²) in [5.74, 6) is 3.15. The van der Waals surface area contributed by atoms with Gasteiger partial charge in [0.15, 0.2) is 5.82 Å². The van der Waals surface area contributed by atoms with Gasteiger partial charge in [0.25, 0.3) is 0 Å². The van der Waals surface area contributed by atoms with Gasteiger partial charge in [-0.1, -0.05) is 19.0 Å². The lowest BCUT2D eigenvalue weighted by Gasteiger charge is -2.29. The van der Waals surface area contributed by atoms with Crippen molar-refractivity contribution in [3.63, 3.8) is 0 Å². The van der Waals surface area contributed by atoms with Crippen molar-refractivity contribution >= 4 is 23.5 Å². The van der Waals surface area contributed by atoms with Gasteiger partial charge >= 0.3 is 0 Å². The average Bonchev–Trinajstić information content (AvgIpc) is 3.01. The highest BCUT2D eigenvalue weighted by Crippen LogP contribution is 2.44. The Balaban J connectivity index is 1.68. The molecule has 2 aliphatic rings. The first-order valence-corrected chi connectivity index (χ1v) is 8.98. The molecule has 2 heterocycles. The van der Waals surface area contributed by atoms with Crippen molar-refractivity contribution in [3.05, 3.63) is 11.7 Å². The van der Waals surface area contributed by atoms with E-state index in [2.05, 4.69) is 24.0 Å². The van der Waals surface area contributed by atoms with Crippen LogP contribution in [-0.4, -0.2) is 32.4 Å². The summed E-state index contributed by atoms with van der Waals surface area (Å²) in [5.41, 5.74) is 5.95. The van der Waals surface area contributed by atoms with Crippen LogP contribution in [0.1, 0.15) is 56.0 Å². The van der Waals surface area contributed by atoms with E-state index in [9.17, 15) is 0 Å². The molecule has 1 aliphatic carbocycles. The molecule has 6 heteroatoms. The van der Waals surface area contributed by atoms with Crippen molar-refractivity contribution in [1.82, 2.24) is 10.1 Å². The van der Waals surface area contributed by atoms with Crippen LogP contribution in [0, 0.1) is 0 Å². The molecular formula is C13H21N3OS2. The second-order valence-corrected chi connectivity index (χ2v) is 8.62. The minimum Gasteiger partial charge on any atom is -0.339 e. The minimum absolute atomic E-state index is 0.306. The zero-order valence-corrected chi connectivity index (χ0v) is 13.0. The van der Waals surface area contributed by atoms with Crippen molar-refractivity contribution in [1.29, 1.82) is 0 Å². The van der Waals surface area contributed by atoms with Gasteiger partial charge < -0.3 is 10.3 Å². The molecule has 5 atom stereocenters. The summed E-state index contributed by atoms with van der Waals surface area (Å²) in [6, 6.07) is 0.306. The molecule has 4 nitrogen and oxygen atoms in total. The lowest BCUT2D eigenvalue weighted by molar-refractivity contribution is 0.349. The Hall–Kier alpha value is -0.200. The summed E-state index contributed by atoms with van der Waals surface area (Å²) in [4.78, 5) is 4.64. The third-order valence-electron chi connectivity index (χ3n) is 4.12. The summed E-state index contributed by atoms with van der Waals surface area (Å²) in [6.07, 6.45) is 3.15. The number of nitrogens with zero attached hydrogens (tertiary/aromatic N) is 2. The Labute approximate surface area is 122 Å². The predicted octanol–water partition coefficient (Wildman–Crippen LogP) is 2.96. The molecule has 19 heavy (non-hydrogen) atoms. The third-order valence-corrected chi connectivity index (χ3v) is 7.50. The van der Waals surface area contributed by atoms with E-state index in [1.165, 1.54) is 0 Å². The zero-order chi connectivity index (χ0) is 13.4. The molecule has 0 aromatic carbocycles. The predicted molar refractivity (Wildman–Crippen MR) is 80.6 cm³/mol. The molecule has 0 amide bonds. The van der Waals surface area contributed by atoms with Gasteiger partial charge in [-0.05, 0) is 19.3 Å². The molecule has 1 aromatic rings. The molecule has 1 saturated carbocycles. The third kappa shape index (κ3) is 2.95. The van der Waals surface area contributed by atoms with Gasteiger partial charge in [0, 0.05) is 28.2 Å². The first-order valence-electron chi connectivity index (χ1n) is 6.99. The van der Waals surface area contributed by atoms with Gasteiger partial charge in [0.2, 0.25) is 5.89 Å². The first-order chi connectivity index (χ1) is 9.13. The number of thioether (sulfide) groups is 2. The largest absolute Gasteiger partial charge is 0.339 e. The number of rotatable bonds is 2. The van der Waals surface area contributed by atoms with Crippen LogP contribution in [0.15, 0.2) is 4.52 Å². The van der Waals surface area contributed by atoms with Gasteiger partial charge in [-0.3, -0.25) is 0 Å². The van der Waals surface area contributed by atoms with Crippen LogP contribution in [0.2, 0.25) is 0 Å². The Morgan fingerprint density at radius 3 is 2.79 bits per heavy atom. The molecule has 106 valence electrons. The van der Waals surface area contributed by atoms with E-state index < -0.39 is 0 Å². The van der Waals surface area contributed by atoms with Gasteiger partial charge in [0.1, 0.15) is 0 Å². The second kappa shape index (κ2) is 5.66. The van der Waals surface area contributed by atoms with Crippen LogP contribution in [0.5, 0.6) is 0 Å². The summed E-state index contributed by atoms with van der Waals surface area (Å²) >= 11 is 3.98. The number of hydrogen-bond donors (Lipinski definition) is 1. The van der Waals surface area contributed by atoms with Crippen LogP contribution >= 0.6 is 23.5 Å². The van der Waals surface area contributed by atoms with Crippen LogP contribution in [0.25, 0.3) is 0 Å². The minimum atomic E-state index is 0.306. The molecular weight excluding hydrogens is 278 g/mol. The molecule has 5 unspecified atom stereocenters. The van der Waals surface area contributed by atoms with E-state index in [0.29, 0.717) is 27.7 Å². The summed E-state index contributed by atoms with van der Waals surface area (Å²) in [7, 11) is 0. The molecule has 0 radical (unpaired) electrons. The molecule has 0 bridgehead atoms. The topological polar surface area (TPSA) is 64.9 Å². The SMILES string of the molecule is CC1SCC(c2noc(C3CCC(N)C3)n2)SC1C. The standard InChI is InChI=1S/C13H21N3OS2/c1-7-8(2)19-11(6-18-7)12-15-13(17-16-12)9-3-4-10(14)5-9/h7-11H,3-6,14H2,1-2H3. The Morgan fingerprint density at radius 1 is 1.26 bits per heavy atom. The average molecular weight is 299 g/mol. The highest BCUT2D eigenvalue weighted by atomic mass is 32.2. The van der Waals surface area contributed by atoms with Crippen molar-refractivity contribution < 1.29 is 4.52 Å². The monoisotopic (exact) mass is 299 g/mol. The van der Waals surface area contributed by atoms with Crippen molar-refractivity contribution in [2.45, 2.75) is 60.8 Å². The molecule has 2 fully saturated rings. The van der Waals surface area contributed by atoms with E-state index in [-0.39, 0.29) is 0 Å². The number of hydrogen-bond acceptors (Lipinski definition) is 6. The number of nitrogens with two attached hydrogens (primary N) is 1. The summed E-state index contributed by atoms with van der Waals surface area (Å²) in [5, 5.41) is 5.94. The Bertz CT molecular complexity index is 439. The van der Waals surface area contributed by atoms with E-state index >= 15 is 0 Å². The second-order valence-electron chi connectivity index (χ2n) is 5.63. The molecule has 2 N–H and O–H groups in total. The van der Waals surface area contributed by atoms with Crippen LogP contribution in [0.3, 0.4) is 0 Å².